The Balaban J connectivity index is 2.27. The maximum atomic E-state index is 12.2. The zero-order valence-corrected chi connectivity index (χ0v) is 11.6. The quantitative estimate of drug-likeness (QED) is 0.892. The van der Waals surface area contributed by atoms with Crippen molar-refractivity contribution in [2.75, 3.05) is 13.1 Å². The first-order valence-corrected chi connectivity index (χ1v) is 6.75. The lowest BCUT2D eigenvalue weighted by molar-refractivity contribution is -0.131. The van der Waals surface area contributed by atoms with Crippen LogP contribution in [0.15, 0.2) is 30.5 Å². The van der Waals surface area contributed by atoms with Gasteiger partial charge < -0.3 is 15.2 Å². The minimum atomic E-state index is 0.153. The van der Waals surface area contributed by atoms with Crippen LogP contribution >= 0.6 is 0 Å². The third-order valence-corrected chi connectivity index (χ3v) is 3.50. The summed E-state index contributed by atoms with van der Waals surface area (Å²) in [6.07, 6.45) is 1.96. The van der Waals surface area contributed by atoms with Crippen molar-refractivity contribution in [1.29, 1.82) is 0 Å². The van der Waals surface area contributed by atoms with Gasteiger partial charge in [0, 0.05) is 31.3 Å². The summed E-state index contributed by atoms with van der Waals surface area (Å²) in [6.45, 7) is 6.42. The average molecular weight is 259 g/mol. The number of carbonyl (C=O) groups excluding carboxylic acids is 1. The largest absolute Gasteiger partial charge is 0.342 e. The smallest absolute Gasteiger partial charge is 0.242 e. The van der Waals surface area contributed by atoms with E-state index in [4.69, 9.17) is 5.73 Å². The number of benzene rings is 1. The zero-order valence-electron chi connectivity index (χ0n) is 11.6. The SMILES string of the molecule is CCN(CC)C(=O)Cn1ccc2ccc(CN)cc21. The Morgan fingerprint density at radius 3 is 2.63 bits per heavy atom. The van der Waals surface area contributed by atoms with E-state index in [1.807, 2.05) is 41.6 Å². The molecule has 4 heteroatoms. The maximum absolute atomic E-state index is 12.2. The van der Waals surface area contributed by atoms with Crippen LogP contribution in [0, 0.1) is 0 Å². The van der Waals surface area contributed by atoms with Gasteiger partial charge in [-0.3, -0.25) is 4.79 Å². The third-order valence-electron chi connectivity index (χ3n) is 3.50. The summed E-state index contributed by atoms with van der Waals surface area (Å²) < 4.78 is 2.00. The Hall–Kier alpha value is -1.81. The second kappa shape index (κ2) is 5.89. The topological polar surface area (TPSA) is 51.3 Å². The van der Waals surface area contributed by atoms with E-state index in [0.717, 1.165) is 29.6 Å². The van der Waals surface area contributed by atoms with Gasteiger partial charge in [0.2, 0.25) is 5.91 Å². The molecule has 1 aromatic heterocycles. The van der Waals surface area contributed by atoms with Crippen LogP contribution in [0.2, 0.25) is 0 Å². The Kier molecular flexibility index (Phi) is 4.22. The molecule has 0 fully saturated rings. The van der Waals surface area contributed by atoms with E-state index in [1.54, 1.807) is 0 Å². The van der Waals surface area contributed by atoms with Crippen LogP contribution in [0.4, 0.5) is 0 Å². The highest BCUT2D eigenvalue weighted by molar-refractivity contribution is 5.83. The normalized spacial score (nSPS) is 10.9. The number of nitrogens with zero attached hydrogens (tertiary/aromatic N) is 2. The van der Waals surface area contributed by atoms with E-state index < -0.39 is 0 Å². The molecule has 0 saturated heterocycles. The number of likely N-dealkylation sites (N-methyl/N-ethyl adjacent to an activating group) is 1. The summed E-state index contributed by atoms with van der Waals surface area (Å²) in [5.74, 6) is 0.153. The van der Waals surface area contributed by atoms with E-state index in [0.29, 0.717) is 13.1 Å². The molecule has 0 unspecified atom stereocenters. The molecule has 4 nitrogen and oxygen atoms in total. The number of rotatable bonds is 5. The van der Waals surface area contributed by atoms with Gasteiger partial charge in [-0.25, -0.2) is 0 Å². The Morgan fingerprint density at radius 2 is 2.00 bits per heavy atom. The van der Waals surface area contributed by atoms with Gasteiger partial charge >= 0.3 is 0 Å². The standard InChI is InChI=1S/C15H21N3O/c1-3-17(4-2)15(19)11-18-8-7-13-6-5-12(10-16)9-14(13)18/h5-9H,3-4,10-11,16H2,1-2H3. The van der Waals surface area contributed by atoms with Crippen molar-refractivity contribution in [3.63, 3.8) is 0 Å². The van der Waals surface area contributed by atoms with Crippen molar-refractivity contribution >= 4 is 16.8 Å². The van der Waals surface area contributed by atoms with Crippen molar-refractivity contribution < 1.29 is 4.79 Å². The van der Waals surface area contributed by atoms with Gasteiger partial charge in [0.15, 0.2) is 0 Å². The first-order chi connectivity index (χ1) is 9.19. The number of carbonyl (C=O) groups is 1. The Bertz CT molecular complexity index is 570. The summed E-state index contributed by atoms with van der Waals surface area (Å²) in [6, 6.07) is 8.17. The summed E-state index contributed by atoms with van der Waals surface area (Å²) >= 11 is 0. The van der Waals surface area contributed by atoms with Crippen LogP contribution < -0.4 is 5.73 Å². The van der Waals surface area contributed by atoms with E-state index >= 15 is 0 Å². The van der Waals surface area contributed by atoms with Gasteiger partial charge in [-0.2, -0.15) is 0 Å². The van der Waals surface area contributed by atoms with Gasteiger partial charge in [-0.05, 0) is 36.9 Å². The minimum absolute atomic E-state index is 0.153. The number of nitrogens with two attached hydrogens (primary N) is 1. The molecule has 2 aromatic rings. The minimum Gasteiger partial charge on any atom is -0.342 e. The summed E-state index contributed by atoms with van der Waals surface area (Å²) in [5, 5.41) is 1.14. The van der Waals surface area contributed by atoms with Crippen LogP contribution in [-0.2, 0) is 17.9 Å². The van der Waals surface area contributed by atoms with Crippen LogP contribution in [0.25, 0.3) is 10.9 Å². The number of hydrogen-bond donors (Lipinski definition) is 1. The fraction of sp³-hybridized carbons (Fsp3) is 0.400. The van der Waals surface area contributed by atoms with Crippen molar-refractivity contribution in [3.05, 3.63) is 36.0 Å². The molecule has 0 aliphatic carbocycles. The maximum Gasteiger partial charge on any atom is 0.242 e. The molecule has 1 amide bonds. The lowest BCUT2D eigenvalue weighted by Gasteiger charge is -2.19. The van der Waals surface area contributed by atoms with Crippen molar-refractivity contribution in [2.24, 2.45) is 5.73 Å². The molecule has 0 bridgehead atoms. The lowest BCUT2D eigenvalue weighted by Crippen LogP contribution is -2.33. The number of aromatic nitrogens is 1. The molecule has 0 saturated carbocycles. The summed E-state index contributed by atoms with van der Waals surface area (Å²) in [4.78, 5) is 14.0. The number of fused-ring (bicyclic) bond motifs is 1. The van der Waals surface area contributed by atoms with E-state index in [1.165, 1.54) is 0 Å². The molecular formula is C15H21N3O. The van der Waals surface area contributed by atoms with Crippen LogP contribution in [-0.4, -0.2) is 28.5 Å². The van der Waals surface area contributed by atoms with Gasteiger partial charge in [-0.1, -0.05) is 12.1 Å². The van der Waals surface area contributed by atoms with Crippen LogP contribution in [0.1, 0.15) is 19.4 Å². The molecule has 0 atom stereocenters. The molecule has 2 rings (SSSR count). The molecule has 0 radical (unpaired) electrons. The van der Waals surface area contributed by atoms with Crippen LogP contribution in [0.5, 0.6) is 0 Å². The molecule has 1 heterocycles. The molecule has 0 aliphatic rings. The van der Waals surface area contributed by atoms with Crippen LogP contribution in [0.3, 0.4) is 0 Å². The molecule has 2 N–H and O–H groups in total. The van der Waals surface area contributed by atoms with Gasteiger partial charge in [0.1, 0.15) is 6.54 Å². The molecule has 0 spiro atoms. The second-order valence-corrected chi connectivity index (χ2v) is 4.61. The first kappa shape index (κ1) is 13.6. The average Bonchev–Trinajstić information content (AvgIpc) is 2.82. The fourth-order valence-corrected chi connectivity index (χ4v) is 2.32. The molecule has 19 heavy (non-hydrogen) atoms. The van der Waals surface area contributed by atoms with Gasteiger partial charge in [0.25, 0.3) is 0 Å². The number of hydrogen-bond acceptors (Lipinski definition) is 2. The first-order valence-electron chi connectivity index (χ1n) is 6.75. The van der Waals surface area contributed by atoms with Gasteiger partial charge in [-0.15, -0.1) is 0 Å². The monoisotopic (exact) mass is 259 g/mol. The molecular weight excluding hydrogens is 238 g/mol. The predicted octanol–water partition coefficient (Wildman–Crippen LogP) is 1.97. The number of amides is 1. The van der Waals surface area contributed by atoms with Crippen molar-refractivity contribution in [1.82, 2.24) is 9.47 Å². The molecule has 1 aromatic carbocycles. The summed E-state index contributed by atoms with van der Waals surface area (Å²) in [7, 11) is 0. The molecule has 102 valence electrons. The van der Waals surface area contributed by atoms with Crippen molar-refractivity contribution in [2.45, 2.75) is 26.9 Å². The highest BCUT2D eigenvalue weighted by atomic mass is 16.2. The summed E-state index contributed by atoms with van der Waals surface area (Å²) in [5.41, 5.74) is 7.83. The highest BCUT2D eigenvalue weighted by Crippen LogP contribution is 2.17. The third kappa shape index (κ3) is 2.79. The second-order valence-electron chi connectivity index (χ2n) is 4.61. The fourth-order valence-electron chi connectivity index (χ4n) is 2.32. The van der Waals surface area contributed by atoms with E-state index in [-0.39, 0.29) is 5.91 Å². The van der Waals surface area contributed by atoms with E-state index in [2.05, 4.69) is 12.1 Å². The Morgan fingerprint density at radius 1 is 1.26 bits per heavy atom. The van der Waals surface area contributed by atoms with E-state index in [9.17, 15) is 4.79 Å². The molecule has 0 aliphatic heterocycles. The zero-order chi connectivity index (χ0) is 13.8. The Labute approximate surface area is 113 Å². The van der Waals surface area contributed by atoms with Crippen molar-refractivity contribution in [3.8, 4) is 0 Å². The van der Waals surface area contributed by atoms with Gasteiger partial charge in [0.05, 0.1) is 0 Å². The highest BCUT2D eigenvalue weighted by Gasteiger charge is 2.11. The lowest BCUT2D eigenvalue weighted by atomic mass is 10.1. The predicted molar refractivity (Wildman–Crippen MR) is 77.8 cm³/mol.